The molecule has 0 fully saturated rings. The average molecular weight is 211 g/mol. The number of anilines is 1. The third-order valence-corrected chi connectivity index (χ3v) is 2.38. The number of oxazole rings is 1. The van der Waals surface area contributed by atoms with Crippen LogP contribution in [-0.2, 0) is 0 Å². The fourth-order valence-electron chi connectivity index (χ4n) is 1.59. The van der Waals surface area contributed by atoms with Crippen LogP contribution in [0.3, 0.4) is 0 Å². The van der Waals surface area contributed by atoms with E-state index < -0.39 is 0 Å². The predicted molar refractivity (Wildman–Crippen MR) is 61.7 cm³/mol. The van der Waals surface area contributed by atoms with Crippen molar-refractivity contribution in [1.29, 1.82) is 0 Å². The normalized spacial score (nSPS) is 10.8. The van der Waals surface area contributed by atoms with Gasteiger partial charge in [-0.1, -0.05) is 6.07 Å². The first kappa shape index (κ1) is 8.91. The van der Waals surface area contributed by atoms with Crippen molar-refractivity contribution in [1.82, 2.24) is 9.97 Å². The third-order valence-electron chi connectivity index (χ3n) is 2.38. The molecule has 2 N–H and O–H groups in total. The van der Waals surface area contributed by atoms with Crippen LogP contribution in [0, 0.1) is 0 Å². The van der Waals surface area contributed by atoms with Gasteiger partial charge in [-0.25, -0.2) is 4.98 Å². The molecule has 0 spiro atoms. The van der Waals surface area contributed by atoms with E-state index in [9.17, 15) is 0 Å². The lowest BCUT2D eigenvalue weighted by atomic mass is 10.3. The van der Waals surface area contributed by atoms with Gasteiger partial charge in [0.15, 0.2) is 5.58 Å². The van der Waals surface area contributed by atoms with E-state index >= 15 is 0 Å². The molecule has 0 amide bonds. The summed E-state index contributed by atoms with van der Waals surface area (Å²) in [5.74, 6) is 0.565. The molecule has 3 rings (SSSR count). The van der Waals surface area contributed by atoms with Crippen molar-refractivity contribution >= 4 is 16.8 Å². The number of nitrogen functional groups attached to an aromatic ring is 1. The highest BCUT2D eigenvalue weighted by molar-refractivity contribution is 5.87. The molecule has 0 saturated heterocycles. The van der Waals surface area contributed by atoms with Crippen LogP contribution < -0.4 is 5.73 Å². The van der Waals surface area contributed by atoms with Crippen molar-refractivity contribution in [3.05, 3.63) is 42.7 Å². The van der Waals surface area contributed by atoms with Gasteiger partial charge in [0, 0.05) is 18.0 Å². The Labute approximate surface area is 91.7 Å². The van der Waals surface area contributed by atoms with Crippen LogP contribution in [0.1, 0.15) is 0 Å². The number of pyridine rings is 1. The molecule has 0 aliphatic rings. The lowest BCUT2D eigenvalue weighted by Crippen LogP contribution is -1.85. The summed E-state index contributed by atoms with van der Waals surface area (Å²) in [7, 11) is 0. The summed E-state index contributed by atoms with van der Waals surface area (Å²) in [6, 6.07) is 9.20. The second kappa shape index (κ2) is 3.34. The van der Waals surface area contributed by atoms with Crippen LogP contribution >= 0.6 is 0 Å². The van der Waals surface area contributed by atoms with E-state index in [4.69, 9.17) is 10.2 Å². The fraction of sp³-hybridized carbons (Fsp3) is 0. The Kier molecular flexibility index (Phi) is 1.86. The smallest absolute Gasteiger partial charge is 0.227 e. The molecule has 0 atom stereocenters. The molecule has 4 heteroatoms. The Morgan fingerprint density at radius 3 is 2.62 bits per heavy atom. The van der Waals surface area contributed by atoms with Crippen molar-refractivity contribution in [3.8, 4) is 11.5 Å². The molecule has 0 aliphatic carbocycles. The largest absolute Gasteiger partial charge is 0.436 e. The SMILES string of the molecule is Nc1cccc2oc(-c3ccncc3)nc12. The Morgan fingerprint density at radius 1 is 1.06 bits per heavy atom. The van der Waals surface area contributed by atoms with Crippen LogP contribution in [0.15, 0.2) is 47.1 Å². The minimum Gasteiger partial charge on any atom is -0.436 e. The molecular weight excluding hydrogens is 202 g/mol. The number of rotatable bonds is 1. The zero-order valence-electron chi connectivity index (χ0n) is 8.42. The van der Waals surface area contributed by atoms with Gasteiger partial charge in [-0.15, -0.1) is 0 Å². The Bertz CT molecular complexity index is 631. The van der Waals surface area contributed by atoms with E-state index in [1.807, 2.05) is 24.3 Å². The maximum Gasteiger partial charge on any atom is 0.227 e. The van der Waals surface area contributed by atoms with Gasteiger partial charge in [0.05, 0.1) is 5.69 Å². The molecule has 1 aromatic carbocycles. The van der Waals surface area contributed by atoms with Crippen molar-refractivity contribution in [3.63, 3.8) is 0 Å². The molecule has 0 saturated carbocycles. The minimum atomic E-state index is 0.565. The highest BCUT2D eigenvalue weighted by Gasteiger charge is 2.09. The summed E-state index contributed by atoms with van der Waals surface area (Å²) in [5.41, 5.74) is 8.74. The number of benzene rings is 1. The molecule has 0 bridgehead atoms. The summed E-state index contributed by atoms with van der Waals surface area (Å²) in [6.45, 7) is 0. The van der Waals surface area contributed by atoms with Crippen LogP contribution in [0.4, 0.5) is 5.69 Å². The monoisotopic (exact) mass is 211 g/mol. The molecule has 0 aliphatic heterocycles. The van der Waals surface area contributed by atoms with E-state index in [0.29, 0.717) is 22.7 Å². The third kappa shape index (κ3) is 1.32. The van der Waals surface area contributed by atoms with Crippen LogP contribution in [-0.4, -0.2) is 9.97 Å². The van der Waals surface area contributed by atoms with Gasteiger partial charge in [0.1, 0.15) is 5.52 Å². The predicted octanol–water partition coefficient (Wildman–Crippen LogP) is 2.47. The maximum absolute atomic E-state index is 5.81. The second-order valence-corrected chi connectivity index (χ2v) is 3.45. The highest BCUT2D eigenvalue weighted by Crippen LogP contribution is 2.26. The topological polar surface area (TPSA) is 64.9 Å². The molecular formula is C12H9N3O. The van der Waals surface area contributed by atoms with Crippen molar-refractivity contribution in [2.24, 2.45) is 0 Å². The summed E-state index contributed by atoms with van der Waals surface area (Å²) in [5, 5.41) is 0. The molecule has 3 aromatic rings. The van der Waals surface area contributed by atoms with Gasteiger partial charge in [-0.3, -0.25) is 4.98 Å². The van der Waals surface area contributed by atoms with E-state index in [1.165, 1.54) is 0 Å². The number of aromatic nitrogens is 2. The Morgan fingerprint density at radius 2 is 1.88 bits per heavy atom. The van der Waals surface area contributed by atoms with Gasteiger partial charge in [0.25, 0.3) is 0 Å². The highest BCUT2D eigenvalue weighted by atomic mass is 16.3. The van der Waals surface area contributed by atoms with Crippen molar-refractivity contribution in [2.45, 2.75) is 0 Å². The first-order chi connectivity index (χ1) is 7.84. The van der Waals surface area contributed by atoms with E-state index in [1.54, 1.807) is 18.5 Å². The number of nitrogens with two attached hydrogens (primary N) is 1. The standard InChI is InChI=1S/C12H9N3O/c13-9-2-1-3-10-11(9)15-12(16-10)8-4-6-14-7-5-8/h1-7H,13H2. The Balaban J connectivity index is 2.23. The number of fused-ring (bicyclic) bond motifs is 1. The molecule has 2 heterocycles. The Hall–Kier alpha value is -2.36. The molecule has 0 radical (unpaired) electrons. The van der Waals surface area contributed by atoms with Crippen molar-refractivity contribution in [2.75, 3.05) is 5.73 Å². The number of nitrogens with zero attached hydrogens (tertiary/aromatic N) is 2. The van der Waals surface area contributed by atoms with Gasteiger partial charge in [-0.2, -0.15) is 0 Å². The second-order valence-electron chi connectivity index (χ2n) is 3.45. The molecule has 0 unspecified atom stereocenters. The van der Waals surface area contributed by atoms with E-state index in [0.717, 1.165) is 5.56 Å². The van der Waals surface area contributed by atoms with Crippen LogP contribution in [0.5, 0.6) is 0 Å². The van der Waals surface area contributed by atoms with Gasteiger partial charge >= 0.3 is 0 Å². The zero-order chi connectivity index (χ0) is 11.0. The van der Waals surface area contributed by atoms with E-state index in [-0.39, 0.29) is 0 Å². The summed E-state index contributed by atoms with van der Waals surface area (Å²) >= 11 is 0. The fourth-order valence-corrected chi connectivity index (χ4v) is 1.59. The quantitative estimate of drug-likeness (QED) is 0.628. The summed E-state index contributed by atoms with van der Waals surface area (Å²) in [4.78, 5) is 8.31. The first-order valence-electron chi connectivity index (χ1n) is 4.90. The lowest BCUT2D eigenvalue weighted by Gasteiger charge is -1.91. The number of para-hydroxylation sites is 1. The van der Waals surface area contributed by atoms with Gasteiger partial charge < -0.3 is 10.2 Å². The number of hydrogen-bond donors (Lipinski definition) is 1. The molecule has 16 heavy (non-hydrogen) atoms. The zero-order valence-corrected chi connectivity index (χ0v) is 8.42. The first-order valence-corrected chi connectivity index (χ1v) is 4.90. The van der Waals surface area contributed by atoms with Crippen molar-refractivity contribution < 1.29 is 4.42 Å². The molecule has 4 nitrogen and oxygen atoms in total. The van der Waals surface area contributed by atoms with Crippen LogP contribution in [0.25, 0.3) is 22.6 Å². The lowest BCUT2D eigenvalue weighted by molar-refractivity contribution is 0.620. The maximum atomic E-state index is 5.81. The molecule has 78 valence electrons. The van der Waals surface area contributed by atoms with Crippen LogP contribution in [0.2, 0.25) is 0 Å². The average Bonchev–Trinajstić information content (AvgIpc) is 2.76. The number of hydrogen-bond acceptors (Lipinski definition) is 4. The van der Waals surface area contributed by atoms with Gasteiger partial charge in [0.2, 0.25) is 5.89 Å². The van der Waals surface area contributed by atoms with Gasteiger partial charge in [-0.05, 0) is 24.3 Å². The summed E-state index contributed by atoms with van der Waals surface area (Å²) < 4.78 is 5.62. The van der Waals surface area contributed by atoms with E-state index in [2.05, 4.69) is 9.97 Å². The molecule has 2 aromatic heterocycles. The summed E-state index contributed by atoms with van der Waals surface area (Å²) in [6.07, 6.45) is 3.40. The minimum absolute atomic E-state index is 0.565.